The van der Waals surface area contributed by atoms with Gasteiger partial charge in [0.2, 0.25) is 0 Å². The van der Waals surface area contributed by atoms with Crippen LogP contribution in [0.1, 0.15) is 0 Å². The molecule has 0 N–H and O–H groups in total. The third kappa shape index (κ3) is 3.86. The third-order valence-electron chi connectivity index (χ3n) is 3.00. The van der Waals surface area contributed by atoms with Crippen molar-refractivity contribution in [3.8, 4) is 22.3 Å². The molecule has 0 bridgehead atoms. The first-order valence-electron chi connectivity index (χ1n) is 6.05. The largest absolute Gasteiger partial charge is 2.00 e. The average molecular weight is 289 g/mol. The minimum atomic E-state index is 0. The van der Waals surface area contributed by atoms with Crippen LogP contribution < -0.4 is 12.4 Å². The number of hydrogen-bond donors (Lipinski definition) is 0. The Morgan fingerprint density at radius 3 is 1.35 bits per heavy atom. The minimum absolute atomic E-state index is 0. The van der Waals surface area contributed by atoms with E-state index in [1.807, 2.05) is 24.3 Å². The molecule has 0 aliphatic carbocycles. The maximum Gasteiger partial charge on any atom is 2.00 e. The van der Waals surface area contributed by atoms with Crippen LogP contribution in [-0.2, 0) is 0 Å². The summed E-state index contributed by atoms with van der Waals surface area (Å²) in [5, 5.41) is 0. The molecule has 0 saturated carbocycles. The second kappa shape index (κ2) is 8.10. The van der Waals surface area contributed by atoms with Gasteiger partial charge in [0.05, 0.1) is 0 Å². The Morgan fingerprint density at radius 1 is 0.550 bits per heavy atom. The van der Waals surface area contributed by atoms with E-state index in [4.69, 9.17) is 0 Å². The molecule has 0 aliphatic heterocycles. The molecule has 0 nitrogen and oxygen atoms in total. The minimum Gasteiger partial charge on any atom is -1.00 e. The van der Waals surface area contributed by atoms with Crippen molar-refractivity contribution in [2.45, 2.75) is 0 Å². The van der Waals surface area contributed by atoms with E-state index in [0.717, 1.165) is 0 Å². The first kappa shape index (κ1) is 16.8. The first-order valence-corrected chi connectivity index (χ1v) is 6.05. The predicted octanol–water partition coefficient (Wildman–Crippen LogP) is 1.44. The van der Waals surface area contributed by atoms with E-state index in [-0.39, 0.29) is 35.5 Å². The van der Waals surface area contributed by atoms with Crippen LogP contribution in [0.4, 0.5) is 0 Å². The summed E-state index contributed by atoms with van der Waals surface area (Å²) in [5.74, 6) is 0. The summed E-state index contributed by atoms with van der Waals surface area (Å²) in [7, 11) is 0. The summed E-state index contributed by atoms with van der Waals surface area (Å²) in [4.78, 5) is 0. The van der Waals surface area contributed by atoms with Crippen LogP contribution in [0.2, 0.25) is 0 Å². The molecule has 3 aromatic rings. The van der Waals surface area contributed by atoms with Crippen molar-refractivity contribution in [3.63, 3.8) is 0 Å². The Bertz CT molecular complexity index is 581. The van der Waals surface area contributed by atoms with Gasteiger partial charge < -0.3 is 12.4 Å². The second-order valence-electron chi connectivity index (χ2n) is 4.24. The molecular weight excluding hydrogens is 276 g/mol. The zero-order valence-corrected chi connectivity index (χ0v) is 13.3. The summed E-state index contributed by atoms with van der Waals surface area (Å²) >= 11 is 0. The van der Waals surface area contributed by atoms with Crippen LogP contribution in [0.5, 0.6) is 0 Å². The van der Waals surface area contributed by atoms with Gasteiger partial charge in [-0.15, -0.1) is 11.1 Å². The van der Waals surface area contributed by atoms with E-state index in [9.17, 15) is 0 Å². The van der Waals surface area contributed by atoms with Gasteiger partial charge in [-0.05, 0) is 0 Å². The van der Waals surface area contributed by atoms with Crippen LogP contribution in [0.3, 0.4) is 0 Å². The zero-order valence-electron chi connectivity index (χ0n) is 11.1. The SMILES string of the molecule is [Cl-].[Mg+2].[c-]1cc(-c2ccccc2)cc(-c2ccccc2)c1. The van der Waals surface area contributed by atoms with Crippen molar-refractivity contribution in [3.05, 3.63) is 84.9 Å². The molecule has 3 aromatic carbocycles. The van der Waals surface area contributed by atoms with Crippen LogP contribution in [0.25, 0.3) is 22.3 Å². The van der Waals surface area contributed by atoms with Crippen molar-refractivity contribution in [2.75, 3.05) is 0 Å². The van der Waals surface area contributed by atoms with Crippen molar-refractivity contribution in [1.82, 2.24) is 0 Å². The first-order chi connectivity index (χ1) is 8.93. The molecular formula is C18H13ClMg. The van der Waals surface area contributed by atoms with Crippen LogP contribution in [-0.4, -0.2) is 23.1 Å². The fourth-order valence-corrected chi connectivity index (χ4v) is 2.07. The predicted molar refractivity (Wildman–Crippen MR) is 81.9 cm³/mol. The van der Waals surface area contributed by atoms with E-state index < -0.39 is 0 Å². The van der Waals surface area contributed by atoms with Gasteiger partial charge in [0.25, 0.3) is 0 Å². The molecule has 0 spiro atoms. The van der Waals surface area contributed by atoms with Gasteiger partial charge in [-0.1, -0.05) is 71.8 Å². The normalized spacial score (nSPS) is 9.20. The van der Waals surface area contributed by atoms with Gasteiger partial charge in [0.15, 0.2) is 0 Å². The molecule has 0 unspecified atom stereocenters. The molecule has 2 heteroatoms. The number of halogens is 1. The van der Waals surface area contributed by atoms with Gasteiger partial charge in [-0.3, -0.25) is 0 Å². The van der Waals surface area contributed by atoms with Crippen LogP contribution >= 0.6 is 0 Å². The summed E-state index contributed by atoms with van der Waals surface area (Å²) in [5.41, 5.74) is 4.87. The quantitative estimate of drug-likeness (QED) is 0.495. The number of rotatable bonds is 2. The van der Waals surface area contributed by atoms with Gasteiger partial charge >= 0.3 is 23.1 Å². The third-order valence-corrected chi connectivity index (χ3v) is 3.00. The molecule has 0 saturated heterocycles. The molecule has 0 atom stereocenters. The fourth-order valence-electron chi connectivity index (χ4n) is 2.07. The maximum absolute atomic E-state index is 3.23. The Kier molecular flexibility index (Phi) is 6.79. The van der Waals surface area contributed by atoms with Gasteiger partial charge in [-0.2, -0.15) is 24.3 Å². The summed E-state index contributed by atoms with van der Waals surface area (Å²) < 4.78 is 0. The molecule has 94 valence electrons. The van der Waals surface area contributed by atoms with Crippen molar-refractivity contribution >= 4 is 23.1 Å². The summed E-state index contributed by atoms with van der Waals surface area (Å²) in [6.45, 7) is 0. The number of benzene rings is 3. The monoisotopic (exact) mass is 288 g/mol. The molecule has 3 rings (SSSR count). The van der Waals surface area contributed by atoms with Gasteiger partial charge in [-0.25, -0.2) is 0 Å². The van der Waals surface area contributed by atoms with Crippen LogP contribution in [0.15, 0.2) is 78.9 Å². The van der Waals surface area contributed by atoms with E-state index in [1.165, 1.54) is 22.3 Å². The van der Waals surface area contributed by atoms with Gasteiger partial charge in [0, 0.05) is 0 Å². The topological polar surface area (TPSA) is 0 Å². The Balaban J connectivity index is 0.000001000. The average Bonchev–Trinajstić information content (AvgIpc) is 2.49. The van der Waals surface area contributed by atoms with E-state index in [1.54, 1.807) is 0 Å². The van der Waals surface area contributed by atoms with E-state index in [0.29, 0.717) is 0 Å². The fraction of sp³-hybridized carbons (Fsp3) is 0. The standard InChI is InChI=1S/C18H13.ClH.Mg/c1-3-8-15(9-4-1)17-12-7-13-18(14-17)16-10-5-2-6-11-16;;/h1-6,8-14H;1H;/q-1;;+2/p-1. The summed E-state index contributed by atoms with van der Waals surface area (Å²) in [6.07, 6.45) is 0. The maximum atomic E-state index is 3.23. The van der Waals surface area contributed by atoms with E-state index in [2.05, 4.69) is 60.7 Å². The Hall–Kier alpha value is -1.28. The zero-order chi connectivity index (χ0) is 12.2. The molecule has 0 amide bonds. The second-order valence-corrected chi connectivity index (χ2v) is 4.24. The summed E-state index contributed by atoms with van der Waals surface area (Å²) in [6, 6.07) is 30.3. The molecule has 0 aromatic heterocycles. The van der Waals surface area contributed by atoms with Crippen molar-refractivity contribution in [1.29, 1.82) is 0 Å². The molecule has 20 heavy (non-hydrogen) atoms. The molecule has 0 aliphatic rings. The molecule has 0 heterocycles. The van der Waals surface area contributed by atoms with Crippen molar-refractivity contribution in [2.24, 2.45) is 0 Å². The van der Waals surface area contributed by atoms with Crippen molar-refractivity contribution < 1.29 is 12.4 Å². The molecule has 0 radical (unpaired) electrons. The molecule has 0 fully saturated rings. The van der Waals surface area contributed by atoms with E-state index >= 15 is 0 Å². The van der Waals surface area contributed by atoms with Crippen LogP contribution in [0, 0.1) is 6.07 Å². The Morgan fingerprint density at radius 2 is 0.950 bits per heavy atom. The number of hydrogen-bond acceptors (Lipinski definition) is 0. The van der Waals surface area contributed by atoms with Gasteiger partial charge in [0.1, 0.15) is 0 Å². The smallest absolute Gasteiger partial charge is 1.00 e. The Labute approximate surface area is 142 Å².